The number of rotatable bonds is 0. The van der Waals surface area contributed by atoms with Gasteiger partial charge in [-0.25, -0.2) is 4.39 Å². The number of nitrogens with zero attached hydrogens (tertiary/aromatic N) is 2. The number of nitrogens with one attached hydrogen (secondary N) is 1. The van der Waals surface area contributed by atoms with E-state index in [0.29, 0.717) is 14.6 Å². The number of benzene rings is 1. The molecule has 0 atom stereocenters. The third kappa shape index (κ3) is 1.27. The molecule has 1 N–H and O–H groups in total. The van der Waals surface area contributed by atoms with Crippen molar-refractivity contribution in [3.8, 4) is 6.07 Å². The molecule has 1 heterocycles. The van der Waals surface area contributed by atoms with Gasteiger partial charge >= 0.3 is 0 Å². The molecular formula is C8H3FIN3. The Morgan fingerprint density at radius 3 is 3.00 bits per heavy atom. The Morgan fingerprint density at radius 2 is 2.31 bits per heavy atom. The lowest BCUT2D eigenvalue weighted by Crippen LogP contribution is -1.81. The molecule has 0 amide bonds. The summed E-state index contributed by atoms with van der Waals surface area (Å²) in [4.78, 5) is 0. The van der Waals surface area contributed by atoms with Crippen molar-refractivity contribution in [2.24, 2.45) is 0 Å². The predicted octanol–water partition coefficient (Wildman–Crippen LogP) is 2.18. The molecule has 0 aliphatic rings. The van der Waals surface area contributed by atoms with Gasteiger partial charge in [-0.3, -0.25) is 5.10 Å². The fourth-order valence-electron chi connectivity index (χ4n) is 1.13. The minimum Gasteiger partial charge on any atom is -0.271 e. The van der Waals surface area contributed by atoms with Gasteiger partial charge in [-0.1, -0.05) is 0 Å². The van der Waals surface area contributed by atoms with Crippen LogP contribution in [0.3, 0.4) is 0 Å². The summed E-state index contributed by atoms with van der Waals surface area (Å²) in [5.41, 5.74) is 0.772. The molecule has 0 aliphatic heterocycles. The van der Waals surface area contributed by atoms with Crippen LogP contribution >= 0.6 is 22.6 Å². The molecule has 64 valence electrons. The molecule has 0 aliphatic carbocycles. The molecule has 0 unspecified atom stereocenters. The summed E-state index contributed by atoms with van der Waals surface area (Å²) in [6, 6.07) is 4.63. The van der Waals surface area contributed by atoms with Crippen LogP contribution in [0, 0.1) is 20.8 Å². The van der Waals surface area contributed by atoms with Gasteiger partial charge in [0.15, 0.2) is 0 Å². The van der Waals surface area contributed by atoms with Crippen molar-refractivity contribution < 1.29 is 4.39 Å². The van der Waals surface area contributed by atoms with Gasteiger partial charge in [-0.05, 0) is 34.7 Å². The highest BCUT2D eigenvalue weighted by Crippen LogP contribution is 2.22. The van der Waals surface area contributed by atoms with Crippen molar-refractivity contribution in [3.63, 3.8) is 0 Å². The number of hydrogen-bond acceptors (Lipinski definition) is 2. The Labute approximate surface area is 86.7 Å². The first kappa shape index (κ1) is 8.44. The number of aromatic amines is 1. The highest BCUT2D eigenvalue weighted by molar-refractivity contribution is 14.1. The first-order valence-electron chi connectivity index (χ1n) is 3.45. The minimum absolute atomic E-state index is 0.285. The van der Waals surface area contributed by atoms with Crippen LogP contribution in [0.2, 0.25) is 0 Å². The van der Waals surface area contributed by atoms with Crippen LogP contribution in [0.1, 0.15) is 5.56 Å². The third-order valence-corrected chi connectivity index (χ3v) is 2.47. The molecule has 13 heavy (non-hydrogen) atoms. The summed E-state index contributed by atoms with van der Waals surface area (Å²) in [5, 5.41) is 15.5. The van der Waals surface area contributed by atoms with Gasteiger partial charge in [-0.2, -0.15) is 10.4 Å². The van der Waals surface area contributed by atoms with Crippen LogP contribution in [0.4, 0.5) is 4.39 Å². The highest BCUT2D eigenvalue weighted by Gasteiger charge is 2.09. The largest absolute Gasteiger partial charge is 0.271 e. The Kier molecular flexibility index (Phi) is 1.92. The van der Waals surface area contributed by atoms with Gasteiger partial charge in [0.2, 0.25) is 0 Å². The summed E-state index contributed by atoms with van der Waals surface area (Å²) in [6.07, 6.45) is 0. The van der Waals surface area contributed by atoms with E-state index < -0.39 is 5.82 Å². The SMILES string of the molecule is N#Cc1cc(F)c2c(I)[nH]nc2c1. The van der Waals surface area contributed by atoms with Crippen molar-refractivity contribution in [2.45, 2.75) is 0 Å². The van der Waals surface area contributed by atoms with E-state index in [1.165, 1.54) is 6.07 Å². The van der Waals surface area contributed by atoms with E-state index in [0.717, 1.165) is 0 Å². The van der Waals surface area contributed by atoms with Gasteiger partial charge in [0.05, 0.1) is 22.5 Å². The fourth-order valence-corrected chi connectivity index (χ4v) is 1.78. The van der Waals surface area contributed by atoms with Gasteiger partial charge < -0.3 is 0 Å². The van der Waals surface area contributed by atoms with Crippen molar-refractivity contribution in [1.29, 1.82) is 5.26 Å². The van der Waals surface area contributed by atoms with E-state index in [9.17, 15) is 4.39 Å². The summed E-state index contributed by atoms with van der Waals surface area (Å²) >= 11 is 1.96. The van der Waals surface area contributed by atoms with Crippen LogP contribution in [-0.2, 0) is 0 Å². The smallest absolute Gasteiger partial charge is 0.136 e. The van der Waals surface area contributed by atoms with E-state index in [2.05, 4.69) is 10.2 Å². The highest BCUT2D eigenvalue weighted by atomic mass is 127. The van der Waals surface area contributed by atoms with Crippen molar-refractivity contribution in [3.05, 3.63) is 27.2 Å². The maximum atomic E-state index is 13.3. The Balaban J connectivity index is 2.89. The quantitative estimate of drug-likeness (QED) is 0.755. The molecule has 2 aromatic rings. The lowest BCUT2D eigenvalue weighted by molar-refractivity contribution is 0.639. The average Bonchev–Trinajstić information content (AvgIpc) is 2.48. The number of nitriles is 1. The summed E-state index contributed by atoms with van der Waals surface area (Å²) in [7, 11) is 0. The molecule has 0 fully saturated rings. The first-order chi connectivity index (χ1) is 6.22. The maximum absolute atomic E-state index is 13.3. The molecular weight excluding hydrogens is 284 g/mol. The van der Waals surface area contributed by atoms with E-state index in [1.807, 2.05) is 28.7 Å². The molecule has 3 nitrogen and oxygen atoms in total. The number of hydrogen-bond donors (Lipinski definition) is 1. The van der Waals surface area contributed by atoms with E-state index >= 15 is 0 Å². The molecule has 1 aromatic carbocycles. The van der Waals surface area contributed by atoms with Crippen LogP contribution in [0.15, 0.2) is 12.1 Å². The van der Waals surface area contributed by atoms with E-state index in [4.69, 9.17) is 5.26 Å². The predicted molar refractivity (Wildman–Crippen MR) is 53.5 cm³/mol. The standard InChI is InChI=1S/C8H3FIN3/c9-5-1-4(3-11)2-6-7(5)8(10)13-12-6/h1-2H,(H,12,13). The number of halogens is 2. The lowest BCUT2D eigenvalue weighted by Gasteiger charge is -1.92. The van der Waals surface area contributed by atoms with Crippen LogP contribution < -0.4 is 0 Å². The second-order valence-corrected chi connectivity index (χ2v) is 3.58. The molecule has 0 saturated carbocycles. The van der Waals surface area contributed by atoms with Crippen molar-refractivity contribution >= 4 is 33.5 Å². The van der Waals surface area contributed by atoms with Crippen LogP contribution in [-0.4, -0.2) is 10.2 Å². The second-order valence-electron chi connectivity index (χ2n) is 2.50. The maximum Gasteiger partial charge on any atom is 0.136 e. The molecule has 0 saturated heterocycles. The number of H-pyrrole nitrogens is 1. The normalized spacial score (nSPS) is 10.2. The molecule has 0 spiro atoms. The lowest BCUT2D eigenvalue weighted by atomic mass is 10.2. The monoisotopic (exact) mass is 287 g/mol. The Hall–Kier alpha value is -1.16. The van der Waals surface area contributed by atoms with Crippen molar-refractivity contribution in [1.82, 2.24) is 10.2 Å². The topological polar surface area (TPSA) is 52.5 Å². The Bertz CT molecular complexity index is 512. The van der Waals surface area contributed by atoms with Gasteiger partial charge in [0.1, 0.15) is 9.52 Å². The number of fused-ring (bicyclic) bond motifs is 1. The minimum atomic E-state index is -0.410. The van der Waals surface area contributed by atoms with Crippen molar-refractivity contribution in [2.75, 3.05) is 0 Å². The molecule has 1 aromatic heterocycles. The van der Waals surface area contributed by atoms with Gasteiger partial charge in [0.25, 0.3) is 0 Å². The van der Waals surface area contributed by atoms with Crippen LogP contribution in [0.5, 0.6) is 0 Å². The number of aromatic nitrogens is 2. The summed E-state index contributed by atoms with van der Waals surface area (Å²) in [6.45, 7) is 0. The zero-order valence-electron chi connectivity index (χ0n) is 6.31. The molecule has 0 radical (unpaired) electrons. The first-order valence-corrected chi connectivity index (χ1v) is 4.53. The zero-order chi connectivity index (χ0) is 9.42. The van der Waals surface area contributed by atoms with E-state index in [-0.39, 0.29) is 5.56 Å². The fraction of sp³-hybridized carbons (Fsp3) is 0. The van der Waals surface area contributed by atoms with E-state index in [1.54, 1.807) is 6.07 Å². The molecule has 2 rings (SSSR count). The summed E-state index contributed by atoms with van der Waals surface area (Å²) < 4.78 is 14.0. The second kappa shape index (κ2) is 2.96. The molecule has 5 heteroatoms. The zero-order valence-corrected chi connectivity index (χ0v) is 8.46. The average molecular weight is 287 g/mol. The van der Waals surface area contributed by atoms with Crippen LogP contribution in [0.25, 0.3) is 10.9 Å². The molecule has 0 bridgehead atoms. The Morgan fingerprint density at radius 1 is 1.54 bits per heavy atom. The third-order valence-electron chi connectivity index (χ3n) is 1.69. The summed E-state index contributed by atoms with van der Waals surface area (Å²) in [5.74, 6) is -0.410. The van der Waals surface area contributed by atoms with Gasteiger partial charge in [0, 0.05) is 0 Å². The van der Waals surface area contributed by atoms with Gasteiger partial charge in [-0.15, -0.1) is 0 Å².